The van der Waals surface area contributed by atoms with Crippen molar-refractivity contribution in [2.45, 2.75) is 71.0 Å². The van der Waals surface area contributed by atoms with E-state index in [1.54, 1.807) is 0 Å². The molecule has 2 aromatic rings. The zero-order valence-electron chi connectivity index (χ0n) is 20.2. The van der Waals surface area contributed by atoms with Crippen LogP contribution < -0.4 is 9.16 Å². The summed E-state index contributed by atoms with van der Waals surface area (Å²) in [6.07, 6.45) is 2.04. The molecule has 0 N–H and O–H groups in total. The highest BCUT2D eigenvalue weighted by Crippen LogP contribution is 2.45. The first-order valence-corrected chi connectivity index (χ1v) is 15.8. The van der Waals surface area contributed by atoms with Gasteiger partial charge < -0.3 is 9.16 Å². The maximum atomic E-state index is 6.96. The minimum absolute atomic E-state index is 0.563. The molecule has 0 saturated heterocycles. The van der Waals surface area contributed by atoms with Crippen LogP contribution in [0.3, 0.4) is 0 Å². The number of hydrogen-bond donors (Lipinski definition) is 0. The van der Waals surface area contributed by atoms with Gasteiger partial charge in [0.15, 0.2) is 0 Å². The van der Waals surface area contributed by atoms with E-state index in [0.717, 1.165) is 29.7 Å². The van der Waals surface area contributed by atoms with Crippen molar-refractivity contribution in [1.82, 2.24) is 0 Å². The smallest absolute Gasteiger partial charge is 0.258 e. The third-order valence-corrected chi connectivity index (χ3v) is 13.8. The van der Waals surface area contributed by atoms with Crippen LogP contribution in [-0.4, -0.2) is 20.3 Å². The van der Waals surface area contributed by atoms with Gasteiger partial charge in [-0.15, -0.1) is 0 Å². The first kappa shape index (κ1) is 25.6. The molecular weight excluding hydrogens is 544 g/mol. The van der Waals surface area contributed by atoms with Gasteiger partial charge in [-0.2, -0.15) is 0 Å². The lowest BCUT2D eigenvalue weighted by atomic mass is 9.87. The van der Waals surface area contributed by atoms with Crippen LogP contribution in [0.2, 0.25) is 16.6 Å². The second kappa shape index (κ2) is 10.9. The van der Waals surface area contributed by atoms with Crippen molar-refractivity contribution in [3.63, 3.8) is 0 Å². The van der Waals surface area contributed by atoms with Crippen LogP contribution >= 0.6 is 31.9 Å². The summed E-state index contributed by atoms with van der Waals surface area (Å²) in [6.45, 7) is 14.7. The molecule has 32 heavy (non-hydrogen) atoms. The van der Waals surface area contributed by atoms with Crippen molar-refractivity contribution in [3.05, 3.63) is 63.6 Å². The van der Waals surface area contributed by atoms with Crippen molar-refractivity contribution in [2.75, 3.05) is 11.9 Å². The molecular formula is C27H36Br2O2Si. The second-order valence-corrected chi connectivity index (χ2v) is 16.7. The zero-order valence-corrected chi connectivity index (χ0v) is 24.3. The minimum atomic E-state index is -1.96. The van der Waals surface area contributed by atoms with E-state index in [4.69, 9.17) is 9.16 Å². The molecule has 0 spiro atoms. The Labute approximate surface area is 212 Å². The number of allylic oxidation sites excluding steroid dienone is 1. The molecule has 1 aliphatic rings. The summed E-state index contributed by atoms with van der Waals surface area (Å²) in [5.74, 6) is 1.95. The minimum Gasteiger partial charge on any atom is -0.543 e. The van der Waals surface area contributed by atoms with Crippen LogP contribution in [0.4, 0.5) is 0 Å². The number of alkyl halides is 1. The predicted molar refractivity (Wildman–Crippen MR) is 147 cm³/mol. The first-order valence-electron chi connectivity index (χ1n) is 11.7. The summed E-state index contributed by atoms with van der Waals surface area (Å²) < 4.78 is 14.0. The fraction of sp³-hybridized carbons (Fsp3) is 0.481. The summed E-state index contributed by atoms with van der Waals surface area (Å²) in [5, 5.41) is 0.831. The van der Waals surface area contributed by atoms with Gasteiger partial charge >= 0.3 is 0 Å². The summed E-state index contributed by atoms with van der Waals surface area (Å²) in [5.41, 5.74) is 6.86. The van der Waals surface area contributed by atoms with E-state index in [2.05, 4.69) is 116 Å². The van der Waals surface area contributed by atoms with E-state index in [0.29, 0.717) is 23.2 Å². The van der Waals surface area contributed by atoms with Gasteiger partial charge in [-0.3, -0.25) is 0 Å². The Morgan fingerprint density at radius 1 is 0.844 bits per heavy atom. The van der Waals surface area contributed by atoms with Gasteiger partial charge in [0, 0.05) is 9.81 Å². The Kier molecular flexibility index (Phi) is 8.73. The van der Waals surface area contributed by atoms with Gasteiger partial charge in [0.1, 0.15) is 11.5 Å². The zero-order chi connectivity index (χ0) is 23.5. The average molecular weight is 580 g/mol. The van der Waals surface area contributed by atoms with Crippen LogP contribution in [0.1, 0.15) is 64.7 Å². The number of aryl methyl sites for hydroxylation is 1. The van der Waals surface area contributed by atoms with E-state index >= 15 is 0 Å². The maximum absolute atomic E-state index is 6.96. The largest absolute Gasteiger partial charge is 0.543 e. The van der Waals surface area contributed by atoms with E-state index in [-0.39, 0.29) is 0 Å². The molecule has 0 radical (unpaired) electrons. The predicted octanol–water partition coefficient (Wildman–Crippen LogP) is 9.12. The third kappa shape index (κ3) is 5.20. The number of rotatable bonds is 9. The number of halogens is 2. The molecule has 1 aliphatic carbocycles. The Morgan fingerprint density at radius 2 is 1.44 bits per heavy atom. The molecule has 0 unspecified atom stereocenters. The summed E-state index contributed by atoms with van der Waals surface area (Å²) in [7, 11) is -1.96. The standard InChI is InChI=1S/C27H36Br2O2Si/c1-18(2)32(19(3)4,20(5)6)31-24-12-13-25-22(17-24)9-14-26(29)27(25)21-7-10-23(11-8-21)30-16-15-28/h7-8,10-13,17-20H,9,14-16H2,1-6H3. The molecule has 0 fully saturated rings. The van der Waals surface area contributed by atoms with E-state index in [9.17, 15) is 0 Å². The van der Waals surface area contributed by atoms with Crippen molar-refractivity contribution in [1.29, 1.82) is 0 Å². The summed E-state index contributed by atoms with van der Waals surface area (Å²) >= 11 is 7.27. The molecule has 0 heterocycles. The Morgan fingerprint density at radius 3 is 2.00 bits per heavy atom. The highest BCUT2D eigenvalue weighted by molar-refractivity contribution is 9.11. The van der Waals surface area contributed by atoms with Crippen LogP contribution in [0.5, 0.6) is 11.5 Å². The SMILES string of the molecule is CC(C)[Si](Oc1ccc2c(c1)CCC(Br)=C2c1ccc(OCCBr)cc1)(C(C)C)C(C)C. The van der Waals surface area contributed by atoms with Gasteiger partial charge in [0.05, 0.1) is 6.61 Å². The second-order valence-electron chi connectivity index (χ2n) is 9.58. The molecule has 0 bridgehead atoms. The molecule has 0 aliphatic heterocycles. The lowest BCUT2D eigenvalue weighted by molar-refractivity contribution is 0.345. The number of benzene rings is 2. The molecule has 5 heteroatoms. The van der Waals surface area contributed by atoms with Gasteiger partial charge in [-0.1, -0.05) is 91.6 Å². The van der Waals surface area contributed by atoms with Crippen LogP contribution in [0, 0.1) is 0 Å². The highest BCUT2D eigenvalue weighted by atomic mass is 79.9. The summed E-state index contributed by atoms with van der Waals surface area (Å²) in [6, 6.07) is 15.2. The molecule has 0 atom stereocenters. The fourth-order valence-electron chi connectivity index (χ4n) is 5.34. The van der Waals surface area contributed by atoms with Crippen LogP contribution in [0.15, 0.2) is 46.9 Å². The molecule has 2 nitrogen and oxygen atoms in total. The summed E-state index contributed by atoms with van der Waals surface area (Å²) in [4.78, 5) is 0. The number of ether oxygens (including phenoxy) is 1. The number of fused-ring (bicyclic) bond motifs is 1. The maximum Gasteiger partial charge on any atom is 0.258 e. The van der Waals surface area contributed by atoms with Crippen molar-refractivity contribution in [3.8, 4) is 11.5 Å². The quantitative estimate of drug-likeness (QED) is 0.218. The number of hydrogen-bond acceptors (Lipinski definition) is 2. The molecule has 174 valence electrons. The van der Waals surface area contributed by atoms with E-state index in [1.807, 2.05) is 0 Å². The normalized spacial score (nSPS) is 14.3. The van der Waals surface area contributed by atoms with Gasteiger partial charge in [0.2, 0.25) is 0 Å². The van der Waals surface area contributed by atoms with Crippen molar-refractivity contribution < 1.29 is 9.16 Å². The lowest BCUT2D eigenvalue weighted by Crippen LogP contribution is -2.50. The van der Waals surface area contributed by atoms with Gasteiger partial charge in [-0.05, 0) is 76.0 Å². The van der Waals surface area contributed by atoms with E-state index in [1.165, 1.54) is 26.7 Å². The molecule has 3 rings (SSSR count). The van der Waals surface area contributed by atoms with Gasteiger partial charge in [-0.25, -0.2) is 0 Å². The Bertz CT molecular complexity index is 927. The monoisotopic (exact) mass is 578 g/mol. The van der Waals surface area contributed by atoms with Crippen LogP contribution in [-0.2, 0) is 6.42 Å². The van der Waals surface area contributed by atoms with Crippen LogP contribution in [0.25, 0.3) is 5.57 Å². The molecule has 2 aromatic carbocycles. The molecule has 0 aromatic heterocycles. The lowest BCUT2D eigenvalue weighted by Gasteiger charge is -2.42. The third-order valence-electron chi connectivity index (χ3n) is 6.72. The van der Waals surface area contributed by atoms with Crippen molar-refractivity contribution in [2.24, 2.45) is 0 Å². The van der Waals surface area contributed by atoms with E-state index < -0.39 is 8.32 Å². The van der Waals surface area contributed by atoms with Gasteiger partial charge in [0.25, 0.3) is 8.32 Å². The molecule has 0 amide bonds. The Hall–Kier alpha value is -1.04. The average Bonchev–Trinajstić information content (AvgIpc) is 2.75. The topological polar surface area (TPSA) is 18.5 Å². The Balaban J connectivity index is 1.94. The highest BCUT2D eigenvalue weighted by Gasteiger charge is 2.47. The van der Waals surface area contributed by atoms with Crippen molar-refractivity contribution >= 4 is 45.8 Å². The fourth-order valence-corrected chi connectivity index (χ4v) is 11.4. The molecule has 0 saturated carbocycles. The first-order chi connectivity index (χ1) is 15.2.